The lowest BCUT2D eigenvalue weighted by Gasteiger charge is -2.41. The number of hydrogen-bond acceptors (Lipinski definition) is 4. The molecule has 1 N–H and O–H groups in total. The maximum absolute atomic E-state index is 12.5. The minimum absolute atomic E-state index is 0.146. The first-order valence-corrected chi connectivity index (χ1v) is 9.24. The van der Waals surface area contributed by atoms with Gasteiger partial charge in [-0.25, -0.2) is 0 Å². The Hall–Kier alpha value is -1.13. The van der Waals surface area contributed by atoms with Crippen molar-refractivity contribution in [2.24, 2.45) is 11.8 Å². The number of aliphatic hydroxyl groups is 1. The zero-order chi connectivity index (χ0) is 17.5. The van der Waals surface area contributed by atoms with Crippen LogP contribution in [0.4, 0.5) is 0 Å². The van der Waals surface area contributed by atoms with Crippen LogP contribution in [0.5, 0.6) is 0 Å². The highest BCUT2D eigenvalue weighted by molar-refractivity contribution is 5.90. The minimum Gasteiger partial charge on any atom is -0.496 e. The van der Waals surface area contributed by atoms with Crippen molar-refractivity contribution < 1.29 is 14.6 Å². The first-order valence-electron chi connectivity index (χ1n) is 9.24. The number of rotatable bonds is 3. The van der Waals surface area contributed by atoms with Crippen molar-refractivity contribution in [1.29, 1.82) is 0 Å². The normalized spacial score (nSPS) is 27.8. The maximum Gasteiger partial charge on any atom is 0.147 e. The van der Waals surface area contributed by atoms with Gasteiger partial charge in [0.05, 0.1) is 18.3 Å². The van der Waals surface area contributed by atoms with E-state index in [2.05, 4.69) is 25.7 Å². The highest BCUT2D eigenvalue weighted by atomic mass is 16.5. The van der Waals surface area contributed by atoms with Gasteiger partial charge in [0, 0.05) is 17.5 Å². The van der Waals surface area contributed by atoms with Gasteiger partial charge in [0.15, 0.2) is 0 Å². The fraction of sp³-hybridized carbons (Fsp3) is 0.750. The second-order valence-electron chi connectivity index (χ2n) is 8.64. The zero-order valence-electron chi connectivity index (χ0n) is 15.5. The van der Waals surface area contributed by atoms with Gasteiger partial charge in [0.25, 0.3) is 0 Å². The number of hydrogen-bond donors (Lipinski definition) is 1. The van der Waals surface area contributed by atoms with Crippen molar-refractivity contribution >= 4 is 5.78 Å². The Morgan fingerprint density at radius 1 is 1.33 bits per heavy atom. The minimum atomic E-state index is -0.557. The molecule has 134 valence electrons. The SMILES string of the molecule is CC1=C2COC=C2CC(=O)C1C(O)CC1CCN(C(C)(C)C)CC1. The van der Waals surface area contributed by atoms with E-state index in [1.54, 1.807) is 6.26 Å². The number of carbonyl (C=O) groups is 1. The van der Waals surface area contributed by atoms with E-state index in [9.17, 15) is 9.90 Å². The van der Waals surface area contributed by atoms with E-state index in [0.717, 1.165) is 49.1 Å². The van der Waals surface area contributed by atoms with Gasteiger partial charge in [0.1, 0.15) is 12.4 Å². The van der Waals surface area contributed by atoms with Crippen LogP contribution in [0.25, 0.3) is 0 Å². The summed E-state index contributed by atoms with van der Waals surface area (Å²) < 4.78 is 5.37. The molecule has 0 aromatic heterocycles. The predicted octanol–water partition coefficient (Wildman–Crippen LogP) is 3.07. The molecule has 1 fully saturated rings. The van der Waals surface area contributed by atoms with E-state index in [4.69, 9.17) is 4.74 Å². The second kappa shape index (κ2) is 6.64. The highest BCUT2D eigenvalue weighted by Gasteiger charge is 2.38. The topological polar surface area (TPSA) is 49.8 Å². The summed E-state index contributed by atoms with van der Waals surface area (Å²) in [5.74, 6) is 0.327. The molecule has 24 heavy (non-hydrogen) atoms. The molecule has 4 heteroatoms. The van der Waals surface area contributed by atoms with Gasteiger partial charge in [-0.05, 0) is 71.5 Å². The molecule has 0 aromatic rings. The summed E-state index contributed by atoms with van der Waals surface area (Å²) in [5.41, 5.74) is 3.39. The summed E-state index contributed by atoms with van der Waals surface area (Å²) in [7, 11) is 0. The number of ketones is 1. The molecule has 0 radical (unpaired) electrons. The molecule has 0 saturated carbocycles. The van der Waals surface area contributed by atoms with Gasteiger partial charge in [-0.15, -0.1) is 0 Å². The van der Waals surface area contributed by atoms with Crippen LogP contribution < -0.4 is 0 Å². The van der Waals surface area contributed by atoms with E-state index in [0.29, 0.717) is 18.9 Å². The molecule has 3 aliphatic rings. The fourth-order valence-electron chi connectivity index (χ4n) is 4.45. The Morgan fingerprint density at radius 2 is 2.00 bits per heavy atom. The standard InChI is InChI=1S/C20H31NO3/c1-13-16-12-24-11-15(16)10-18(23)19(13)17(22)9-14-5-7-21(8-6-14)20(2,3)4/h11,14,17,19,22H,5-10,12H2,1-4H3. The Kier molecular flexibility index (Phi) is 4.89. The third-order valence-corrected chi connectivity index (χ3v) is 6.02. The third kappa shape index (κ3) is 3.45. The molecule has 0 bridgehead atoms. The molecular formula is C20H31NO3. The summed E-state index contributed by atoms with van der Waals surface area (Å²) in [5, 5.41) is 10.8. The van der Waals surface area contributed by atoms with E-state index in [1.165, 1.54) is 0 Å². The van der Waals surface area contributed by atoms with Gasteiger partial charge in [-0.1, -0.05) is 5.57 Å². The third-order valence-electron chi connectivity index (χ3n) is 6.02. The average Bonchev–Trinajstić information content (AvgIpc) is 2.95. The first kappa shape index (κ1) is 17.7. The second-order valence-corrected chi connectivity index (χ2v) is 8.64. The van der Waals surface area contributed by atoms with Crippen molar-refractivity contribution in [1.82, 2.24) is 4.90 Å². The molecule has 4 nitrogen and oxygen atoms in total. The predicted molar refractivity (Wildman–Crippen MR) is 94.5 cm³/mol. The molecular weight excluding hydrogens is 302 g/mol. The summed E-state index contributed by atoms with van der Waals surface area (Å²) in [6.45, 7) is 11.5. The van der Waals surface area contributed by atoms with Gasteiger partial charge in [-0.3, -0.25) is 9.69 Å². The van der Waals surface area contributed by atoms with Crippen LogP contribution in [-0.4, -0.2) is 47.1 Å². The summed E-state index contributed by atoms with van der Waals surface area (Å²) >= 11 is 0. The molecule has 2 atom stereocenters. The fourth-order valence-corrected chi connectivity index (χ4v) is 4.45. The van der Waals surface area contributed by atoms with Gasteiger partial charge in [0.2, 0.25) is 0 Å². The summed E-state index contributed by atoms with van der Waals surface area (Å²) in [6, 6.07) is 0. The lowest BCUT2D eigenvalue weighted by Crippen LogP contribution is -2.46. The number of ether oxygens (including phenoxy) is 1. The Labute approximate surface area is 145 Å². The van der Waals surface area contributed by atoms with Crippen molar-refractivity contribution in [3.63, 3.8) is 0 Å². The van der Waals surface area contributed by atoms with Crippen molar-refractivity contribution in [2.45, 2.75) is 65.0 Å². The van der Waals surface area contributed by atoms with Crippen LogP contribution in [0, 0.1) is 11.8 Å². The zero-order valence-corrected chi connectivity index (χ0v) is 15.5. The maximum atomic E-state index is 12.5. The number of nitrogens with zero attached hydrogens (tertiary/aromatic N) is 1. The van der Waals surface area contributed by atoms with E-state index < -0.39 is 6.10 Å². The van der Waals surface area contributed by atoms with Crippen molar-refractivity contribution in [2.75, 3.05) is 19.7 Å². The van der Waals surface area contributed by atoms with Crippen LogP contribution in [0.3, 0.4) is 0 Å². The number of aliphatic hydroxyl groups excluding tert-OH is 1. The van der Waals surface area contributed by atoms with Gasteiger partial charge in [-0.2, -0.15) is 0 Å². The molecule has 0 amide bonds. The monoisotopic (exact) mass is 333 g/mol. The van der Waals surface area contributed by atoms with Gasteiger partial charge >= 0.3 is 0 Å². The highest BCUT2D eigenvalue weighted by Crippen LogP contribution is 2.38. The van der Waals surface area contributed by atoms with E-state index >= 15 is 0 Å². The Balaban J connectivity index is 1.62. The number of likely N-dealkylation sites (tertiary alicyclic amines) is 1. The van der Waals surface area contributed by atoms with Gasteiger partial charge < -0.3 is 9.84 Å². The lowest BCUT2D eigenvalue weighted by molar-refractivity contribution is -0.124. The summed E-state index contributed by atoms with van der Waals surface area (Å²) in [4.78, 5) is 15.0. The lowest BCUT2D eigenvalue weighted by atomic mass is 9.75. The average molecular weight is 333 g/mol. The Morgan fingerprint density at radius 3 is 2.62 bits per heavy atom. The van der Waals surface area contributed by atoms with Crippen molar-refractivity contribution in [3.05, 3.63) is 23.0 Å². The van der Waals surface area contributed by atoms with E-state index in [1.807, 2.05) is 6.92 Å². The van der Waals surface area contributed by atoms with Crippen LogP contribution in [-0.2, 0) is 9.53 Å². The number of carbonyl (C=O) groups excluding carboxylic acids is 1. The van der Waals surface area contributed by atoms with Crippen LogP contribution >= 0.6 is 0 Å². The van der Waals surface area contributed by atoms with Crippen molar-refractivity contribution in [3.8, 4) is 0 Å². The molecule has 2 unspecified atom stereocenters. The molecule has 1 saturated heterocycles. The molecule has 2 aliphatic heterocycles. The first-order chi connectivity index (χ1) is 11.3. The number of Topliss-reactive ketones (excluding diaryl/α,β-unsaturated/α-hetero) is 1. The molecule has 0 aromatic carbocycles. The smallest absolute Gasteiger partial charge is 0.147 e. The van der Waals surface area contributed by atoms with Crippen LogP contribution in [0.2, 0.25) is 0 Å². The molecule has 0 spiro atoms. The van der Waals surface area contributed by atoms with Crippen LogP contribution in [0.15, 0.2) is 23.0 Å². The van der Waals surface area contributed by atoms with E-state index in [-0.39, 0.29) is 17.2 Å². The molecule has 3 rings (SSSR count). The quantitative estimate of drug-likeness (QED) is 0.862. The van der Waals surface area contributed by atoms with Crippen LogP contribution in [0.1, 0.15) is 53.4 Å². The number of fused-ring (bicyclic) bond motifs is 1. The molecule has 1 aliphatic carbocycles. The summed E-state index contributed by atoms with van der Waals surface area (Å²) in [6.07, 6.45) is 4.52. The number of piperidine rings is 1. The Bertz CT molecular complexity index is 562. The molecule has 2 heterocycles. The largest absolute Gasteiger partial charge is 0.496 e.